The number of nitrogens with one attached hydrogen (secondary N) is 1. The van der Waals surface area contributed by atoms with Crippen LogP contribution in [0.25, 0.3) is 0 Å². The van der Waals surface area contributed by atoms with Crippen molar-refractivity contribution in [3.8, 4) is 0 Å². The average molecular weight is 620 g/mol. The van der Waals surface area contributed by atoms with E-state index < -0.39 is 28.7 Å². The SMILES string of the molecule is CCNC(=O)[C@@H](Cc1ccccc1)N(Cc1ccc(Cl)cc1Cl)C(=O)CN(c1cc(C)ccc1C)S(=O)(=O)N(C)C. The highest BCUT2D eigenvalue weighted by Gasteiger charge is 2.35. The number of anilines is 1. The fraction of sp³-hybridized carbons (Fsp3) is 0.333. The summed E-state index contributed by atoms with van der Waals surface area (Å²) in [6.45, 7) is 5.23. The molecule has 0 saturated heterocycles. The first kappa shape index (κ1) is 32.4. The van der Waals surface area contributed by atoms with Gasteiger partial charge in [0.1, 0.15) is 12.6 Å². The van der Waals surface area contributed by atoms with Crippen LogP contribution in [-0.2, 0) is 32.8 Å². The van der Waals surface area contributed by atoms with Crippen molar-refractivity contribution in [2.75, 3.05) is 31.5 Å². The van der Waals surface area contributed by atoms with Crippen molar-refractivity contribution in [2.24, 2.45) is 0 Å². The van der Waals surface area contributed by atoms with Crippen LogP contribution >= 0.6 is 23.2 Å². The fourth-order valence-electron chi connectivity index (χ4n) is 4.37. The van der Waals surface area contributed by atoms with Crippen LogP contribution in [0.4, 0.5) is 5.69 Å². The van der Waals surface area contributed by atoms with E-state index in [0.29, 0.717) is 33.4 Å². The molecule has 0 aliphatic heterocycles. The minimum absolute atomic E-state index is 0.0356. The van der Waals surface area contributed by atoms with E-state index in [1.165, 1.54) is 19.0 Å². The van der Waals surface area contributed by atoms with Crippen molar-refractivity contribution in [2.45, 2.75) is 39.8 Å². The Balaban J connectivity index is 2.14. The molecule has 220 valence electrons. The molecule has 1 N–H and O–H groups in total. The second-order valence-corrected chi connectivity index (χ2v) is 12.9. The van der Waals surface area contributed by atoms with Crippen LogP contribution in [-0.4, -0.2) is 62.7 Å². The Morgan fingerprint density at radius 1 is 0.951 bits per heavy atom. The molecule has 0 radical (unpaired) electrons. The third-order valence-corrected chi connectivity index (χ3v) is 9.02. The normalized spacial score (nSPS) is 12.2. The van der Waals surface area contributed by atoms with E-state index in [0.717, 1.165) is 19.7 Å². The molecular formula is C30H36Cl2N4O4S. The lowest BCUT2D eigenvalue weighted by Gasteiger charge is -2.35. The number of carbonyl (C=O) groups is 2. The maximum absolute atomic E-state index is 14.3. The van der Waals surface area contributed by atoms with Gasteiger partial charge in [0, 0.05) is 43.7 Å². The number of nitrogens with zero attached hydrogens (tertiary/aromatic N) is 3. The molecule has 0 spiro atoms. The first-order chi connectivity index (χ1) is 19.3. The first-order valence-corrected chi connectivity index (χ1v) is 15.3. The van der Waals surface area contributed by atoms with Gasteiger partial charge in [0.2, 0.25) is 11.8 Å². The Hall–Kier alpha value is -3.11. The summed E-state index contributed by atoms with van der Waals surface area (Å²) in [6, 6.07) is 18.7. The van der Waals surface area contributed by atoms with E-state index in [1.807, 2.05) is 49.4 Å². The van der Waals surface area contributed by atoms with Crippen LogP contribution in [0.15, 0.2) is 66.7 Å². The lowest BCUT2D eigenvalue weighted by atomic mass is 10.0. The number of benzene rings is 3. The van der Waals surface area contributed by atoms with Gasteiger partial charge in [-0.3, -0.25) is 9.59 Å². The molecule has 2 amide bonds. The van der Waals surface area contributed by atoms with Crippen molar-refractivity contribution in [1.29, 1.82) is 0 Å². The van der Waals surface area contributed by atoms with Crippen LogP contribution in [0.5, 0.6) is 0 Å². The van der Waals surface area contributed by atoms with E-state index in [4.69, 9.17) is 23.2 Å². The number of amides is 2. The topological polar surface area (TPSA) is 90.0 Å². The van der Waals surface area contributed by atoms with Gasteiger partial charge in [-0.1, -0.05) is 71.7 Å². The van der Waals surface area contributed by atoms with Gasteiger partial charge < -0.3 is 10.2 Å². The van der Waals surface area contributed by atoms with Crippen molar-refractivity contribution < 1.29 is 18.0 Å². The van der Waals surface area contributed by atoms with Crippen LogP contribution in [0.2, 0.25) is 10.0 Å². The third kappa shape index (κ3) is 8.23. The fourth-order valence-corrected chi connectivity index (χ4v) is 5.95. The molecule has 41 heavy (non-hydrogen) atoms. The summed E-state index contributed by atoms with van der Waals surface area (Å²) >= 11 is 12.6. The van der Waals surface area contributed by atoms with Gasteiger partial charge in [0.15, 0.2) is 0 Å². The Morgan fingerprint density at radius 2 is 1.63 bits per heavy atom. The van der Waals surface area contributed by atoms with Gasteiger partial charge in [0.25, 0.3) is 0 Å². The zero-order valence-electron chi connectivity index (χ0n) is 23.9. The third-order valence-electron chi connectivity index (χ3n) is 6.63. The van der Waals surface area contributed by atoms with E-state index >= 15 is 0 Å². The van der Waals surface area contributed by atoms with Crippen LogP contribution in [0, 0.1) is 13.8 Å². The predicted octanol–water partition coefficient (Wildman–Crippen LogP) is 5.00. The number of hydrogen-bond donors (Lipinski definition) is 1. The van der Waals surface area contributed by atoms with Crippen molar-refractivity contribution in [3.63, 3.8) is 0 Å². The van der Waals surface area contributed by atoms with Gasteiger partial charge in [0.05, 0.1) is 5.69 Å². The molecule has 3 aromatic rings. The number of aryl methyl sites for hydroxylation is 2. The predicted molar refractivity (Wildman–Crippen MR) is 165 cm³/mol. The number of likely N-dealkylation sites (N-methyl/N-ethyl adjacent to an activating group) is 1. The lowest BCUT2D eigenvalue weighted by molar-refractivity contribution is -0.140. The molecule has 0 aromatic heterocycles. The molecule has 1 atom stereocenters. The minimum atomic E-state index is -4.09. The number of carbonyl (C=O) groups excluding carboxylic acids is 2. The highest BCUT2D eigenvalue weighted by atomic mass is 35.5. The van der Waals surface area contributed by atoms with Gasteiger partial charge in [-0.25, -0.2) is 4.31 Å². The largest absolute Gasteiger partial charge is 0.355 e. The van der Waals surface area contributed by atoms with Crippen molar-refractivity contribution in [3.05, 3.63) is 99.0 Å². The molecule has 0 aliphatic carbocycles. The highest BCUT2D eigenvalue weighted by Crippen LogP contribution is 2.28. The molecule has 3 rings (SSSR count). The zero-order valence-corrected chi connectivity index (χ0v) is 26.2. The van der Waals surface area contributed by atoms with Crippen molar-refractivity contribution >= 4 is 50.9 Å². The maximum atomic E-state index is 14.3. The van der Waals surface area contributed by atoms with Crippen molar-refractivity contribution in [1.82, 2.24) is 14.5 Å². The van der Waals surface area contributed by atoms with E-state index in [9.17, 15) is 18.0 Å². The summed E-state index contributed by atoms with van der Waals surface area (Å²) in [5.74, 6) is -0.918. The number of halogens is 2. The van der Waals surface area contributed by atoms with Gasteiger partial charge in [-0.05, 0) is 61.2 Å². The molecule has 0 heterocycles. The lowest BCUT2D eigenvalue weighted by Crippen LogP contribution is -2.54. The van der Waals surface area contributed by atoms with Crippen LogP contribution in [0.3, 0.4) is 0 Å². The monoisotopic (exact) mass is 618 g/mol. The standard InChI is InChI=1S/C30H36Cl2N4O4S/c1-6-33-30(38)28(17-23-10-8-7-9-11-23)35(19-24-14-15-25(31)18-26(24)32)29(37)20-36(41(39,40)34(4)5)27-16-21(2)12-13-22(27)3/h7-16,18,28H,6,17,19-20H2,1-5H3,(H,33,38)/t28-/m1/s1. The number of hydrogen-bond acceptors (Lipinski definition) is 4. The summed E-state index contributed by atoms with van der Waals surface area (Å²) < 4.78 is 29.3. The smallest absolute Gasteiger partial charge is 0.304 e. The second kappa shape index (κ2) is 14.2. The van der Waals surface area contributed by atoms with Gasteiger partial charge >= 0.3 is 10.2 Å². The van der Waals surface area contributed by atoms with Crippen LogP contribution < -0.4 is 9.62 Å². The van der Waals surface area contributed by atoms with E-state index in [1.54, 1.807) is 38.1 Å². The molecule has 0 bridgehead atoms. The molecule has 3 aromatic carbocycles. The molecule has 11 heteroatoms. The Bertz CT molecular complexity index is 1480. The Labute approximate surface area is 253 Å². The molecule has 8 nitrogen and oxygen atoms in total. The summed E-state index contributed by atoms with van der Waals surface area (Å²) in [6.07, 6.45) is 0.216. The molecule has 0 saturated carbocycles. The van der Waals surface area contributed by atoms with Gasteiger partial charge in [-0.15, -0.1) is 0 Å². The summed E-state index contributed by atoms with van der Waals surface area (Å²) in [7, 11) is -1.26. The Morgan fingerprint density at radius 3 is 2.24 bits per heavy atom. The maximum Gasteiger partial charge on any atom is 0.304 e. The highest BCUT2D eigenvalue weighted by molar-refractivity contribution is 7.90. The number of rotatable bonds is 12. The second-order valence-electron chi connectivity index (χ2n) is 9.94. The summed E-state index contributed by atoms with van der Waals surface area (Å²) in [5.41, 5.74) is 3.32. The molecule has 0 fully saturated rings. The minimum Gasteiger partial charge on any atom is -0.355 e. The first-order valence-electron chi connectivity index (χ1n) is 13.2. The average Bonchev–Trinajstić information content (AvgIpc) is 2.92. The summed E-state index contributed by atoms with van der Waals surface area (Å²) in [4.78, 5) is 29.2. The van der Waals surface area contributed by atoms with E-state index in [2.05, 4.69) is 5.32 Å². The summed E-state index contributed by atoms with van der Waals surface area (Å²) in [5, 5.41) is 3.59. The quantitative estimate of drug-likeness (QED) is 0.309. The van der Waals surface area contributed by atoms with E-state index in [-0.39, 0.29) is 18.9 Å². The van der Waals surface area contributed by atoms with Gasteiger partial charge in [-0.2, -0.15) is 12.7 Å². The van der Waals surface area contributed by atoms with Crippen LogP contribution in [0.1, 0.15) is 29.2 Å². The molecule has 0 aliphatic rings. The Kier molecular flexibility index (Phi) is 11.2. The molecular weight excluding hydrogens is 583 g/mol. The zero-order chi connectivity index (χ0) is 30.3. The molecule has 0 unspecified atom stereocenters.